The van der Waals surface area contributed by atoms with Crippen LogP contribution in [0.15, 0.2) is 22.7 Å². The molecule has 0 aromatic heterocycles. The van der Waals surface area contributed by atoms with Crippen LogP contribution >= 0.6 is 15.9 Å². The van der Waals surface area contributed by atoms with E-state index >= 15 is 0 Å². The van der Waals surface area contributed by atoms with Crippen molar-refractivity contribution >= 4 is 15.9 Å². The van der Waals surface area contributed by atoms with Gasteiger partial charge in [-0.15, -0.1) is 0 Å². The Bertz CT molecular complexity index is 256. The van der Waals surface area contributed by atoms with Crippen LogP contribution in [0.1, 0.15) is 31.4 Å². The summed E-state index contributed by atoms with van der Waals surface area (Å²) in [5.41, 5.74) is 2.87. The van der Waals surface area contributed by atoms with E-state index in [2.05, 4.69) is 54.9 Å². The van der Waals surface area contributed by atoms with Gasteiger partial charge < -0.3 is 0 Å². The van der Waals surface area contributed by atoms with Gasteiger partial charge in [0.15, 0.2) is 0 Å². The van der Waals surface area contributed by atoms with E-state index in [4.69, 9.17) is 0 Å². The molecule has 1 heteroatoms. The third kappa shape index (κ3) is 3.15. The number of halogens is 1. The van der Waals surface area contributed by atoms with Crippen LogP contribution in [-0.2, 0) is 6.42 Å². The lowest BCUT2D eigenvalue weighted by Crippen LogP contribution is -1.95. The molecule has 0 bridgehead atoms. The lowest BCUT2D eigenvalue weighted by atomic mass is 9.99. The normalized spacial score (nSPS) is 10.8. The zero-order valence-corrected chi connectivity index (χ0v) is 10.2. The second-order valence-electron chi connectivity index (χ2n) is 3.97. The standard InChI is InChI=1S/C12H17Br/c1-9(2)7-8-11-10(3)5-4-6-12(11)13/h4-6,9H,7-8H2,1-3H3. The molecule has 0 N–H and O–H groups in total. The molecule has 0 radical (unpaired) electrons. The van der Waals surface area contributed by atoms with Gasteiger partial charge in [-0.3, -0.25) is 0 Å². The molecule has 1 aromatic rings. The van der Waals surface area contributed by atoms with Crippen molar-refractivity contribution in [1.29, 1.82) is 0 Å². The Morgan fingerprint density at radius 2 is 2.00 bits per heavy atom. The van der Waals surface area contributed by atoms with Crippen molar-refractivity contribution < 1.29 is 0 Å². The van der Waals surface area contributed by atoms with E-state index in [0.29, 0.717) is 0 Å². The van der Waals surface area contributed by atoms with E-state index in [-0.39, 0.29) is 0 Å². The average Bonchev–Trinajstić information content (AvgIpc) is 2.03. The molecule has 0 amide bonds. The number of aryl methyl sites for hydroxylation is 1. The summed E-state index contributed by atoms with van der Waals surface area (Å²) in [6.45, 7) is 6.72. The molecule has 0 aliphatic rings. The van der Waals surface area contributed by atoms with E-state index in [9.17, 15) is 0 Å². The van der Waals surface area contributed by atoms with E-state index < -0.39 is 0 Å². The third-order valence-corrected chi connectivity index (χ3v) is 3.07. The van der Waals surface area contributed by atoms with Gasteiger partial charge in [0.2, 0.25) is 0 Å². The number of benzene rings is 1. The zero-order chi connectivity index (χ0) is 9.84. The first kappa shape index (κ1) is 10.8. The highest BCUT2D eigenvalue weighted by molar-refractivity contribution is 9.10. The molecule has 0 atom stereocenters. The Morgan fingerprint density at radius 3 is 2.54 bits per heavy atom. The van der Waals surface area contributed by atoms with Crippen molar-refractivity contribution in [3.63, 3.8) is 0 Å². The van der Waals surface area contributed by atoms with Crippen LogP contribution in [0.4, 0.5) is 0 Å². The molecule has 0 nitrogen and oxygen atoms in total. The van der Waals surface area contributed by atoms with Gasteiger partial charge in [-0.2, -0.15) is 0 Å². The molecule has 0 spiro atoms. The number of rotatable bonds is 3. The lowest BCUT2D eigenvalue weighted by Gasteiger charge is -2.09. The van der Waals surface area contributed by atoms with Gasteiger partial charge in [-0.1, -0.05) is 41.9 Å². The maximum atomic E-state index is 3.60. The summed E-state index contributed by atoms with van der Waals surface area (Å²) < 4.78 is 1.26. The summed E-state index contributed by atoms with van der Waals surface area (Å²) in [5.74, 6) is 0.784. The Labute approximate surface area is 89.5 Å². The highest BCUT2D eigenvalue weighted by Crippen LogP contribution is 2.22. The van der Waals surface area contributed by atoms with Crippen molar-refractivity contribution in [2.75, 3.05) is 0 Å². The van der Waals surface area contributed by atoms with Gasteiger partial charge in [-0.25, -0.2) is 0 Å². The van der Waals surface area contributed by atoms with Gasteiger partial charge in [-0.05, 0) is 42.9 Å². The summed E-state index contributed by atoms with van der Waals surface area (Å²) in [6, 6.07) is 6.40. The van der Waals surface area contributed by atoms with Crippen LogP contribution in [0.2, 0.25) is 0 Å². The SMILES string of the molecule is Cc1cccc(Br)c1CCC(C)C. The Hall–Kier alpha value is -0.300. The molecule has 0 saturated carbocycles. The molecule has 0 unspecified atom stereocenters. The summed E-state index contributed by atoms with van der Waals surface area (Å²) in [7, 11) is 0. The van der Waals surface area contributed by atoms with Gasteiger partial charge in [0, 0.05) is 4.47 Å². The topological polar surface area (TPSA) is 0 Å². The molecule has 0 fully saturated rings. The number of hydrogen-bond acceptors (Lipinski definition) is 0. The van der Waals surface area contributed by atoms with Crippen molar-refractivity contribution in [3.8, 4) is 0 Å². The molecule has 1 aromatic carbocycles. The van der Waals surface area contributed by atoms with Crippen molar-refractivity contribution in [3.05, 3.63) is 33.8 Å². The van der Waals surface area contributed by atoms with Crippen LogP contribution in [0.25, 0.3) is 0 Å². The summed E-state index contributed by atoms with van der Waals surface area (Å²) in [4.78, 5) is 0. The third-order valence-electron chi connectivity index (χ3n) is 2.32. The zero-order valence-electron chi connectivity index (χ0n) is 8.60. The van der Waals surface area contributed by atoms with Gasteiger partial charge >= 0.3 is 0 Å². The molecule has 0 heterocycles. The minimum atomic E-state index is 0.784. The van der Waals surface area contributed by atoms with Crippen LogP contribution in [0.3, 0.4) is 0 Å². The van der Waals surface area contributed by atoms with Crippen LogP contribution in [0, 0.1) is 12.8 Å². The first-order valence-electron chi connectivity index (χ1n) is 4.85. The second-order valence-corrected chi connectivity index (χ2v) is 4.82. The molecular weight excluding hydrogens is 224 g/mol. The summed E-state index contributed by atoms with van der Waals surface area (Å²) >= 11 is 3.60. The molecule has 72 valence electrons. The fraction of sp³-hybridized carbons (Fsp3) is 0.500. The maximum Gasteiger partial charge on any atom is 0.0209 e. The summed E-state index contributed by atoms with van der Waals surface area (Å²) in [6.07, 6.45) is 2.45. The van der Waals surface area contributed by atoms with Crippen LogP contribution in [-0.4, -0.2) is 0 Å². The highest BCUT2D eigenvalue weighted by Gasteiger charge is 2.03. The quantitative estimate of drug-likeness (QED) is 0.738. The fourth-order valence-corrected chi connectivity index (χ4v) is 2.08. The van der Waals surface area contributed by atoms with Gasteiger partial charge in [0.25, 0.3) is 0 Å². The van der Waals surface area contributed by atoms with Crippen LogP contribution in [0.5, 0.6) is 0 Å². The first-order chi connectivity index (χ1) is 6.11. The molecular formula is C12H17Br. The van der Waals surface area contributed by atoms with E-state index in [0.717, 1.165) is 5.92 Å². The van der Waals surface area contributed by atoms with Crippen molar-refractivity contribution in [2.24, 2.45) is 5.92 Å². The molecule has 0 aliphatic heterocycles. The Kier molecular flexibility index (Phi) is 3.98. The van der Waals surface area contributed by atoms with Gasteiger partial charge in [0.05, 0.1) is 0 Å². The molecule has 13 heavy (non-hydrogen) atoms. The average molecular weight is 241 g/mol. The predicted molar refractivity (Wildman–Crippen MR) is 62.0 cm³/mol. The van der Waals surface area contributed by atoms with Crippen molar-refractivity contribution in [2.45, 2.75) is 33.6 Å². The molecule has 1 rings (SSSR count). The largest absolute Gasteiger partial charge is 0.0628 e. The Morgan fingerprint density at radius 1 is 1.31 bits per heavy atom. The fourth-order valence-electron chi connectivity index (χ4n) is 1.42. The second kappa shape index (κ2) is 4.80. The minimum Gasteiger partial charge on any atom is -0.0628 e. The van der Waals surface area contributed by atoms with Crippen molar-refractivity contribution in [1.82, 2.24) is 0 Å². The summed E-state index contributed by atoms with van der Waals surface area (Å²) in [5, 5.41) is 0. The minimum absolute atomic E-state index is 0.784. The number of hydrogen-bond donors (Lipinski definition) is 0. The highest BCUT2D eigenvalue weighted by atomic mass is 79.9. The van der Waals surface area contributed by atoms with E-state index in [1.54, 1.807) is 0 Å². The lowest BCUT2D eigenvalue weighted by molar-refractivity contribution is 0.585. The first-order valence-corrected chi connectivity index (χ1v) is 5.64. The Balaban J connectivity index is 2.75. The van der Waals surface area contributed by atoms with E-state index in [1.165, 1.54) is 28.4 Å². The molecule has 0 aliphatic carbocycles. The maximum absolute atomic E-state index is 3.60. The monoisotopic (exact) mass is 240 g/mol. The predicted octanol–water partition coefficient (Wildman–Crippen LogP) is 4.35. The molecule has 0 saturated heterocycles. The van der Waals surface area contributed by atoms with Crippen LogP contribution < -0.4 is 0 Å². The van der Waals surface area contributed by atoms with E-state index in [1.807, 2.05) is 0 Å². The van der Waals surface area contributed by atoms with Gasteiger partial charge in [0.1, 0.15) is 0 Å². The smallest absolute Gasteiger partial charge is 0.0209 e.